The lowest BCUT2D eigenvalue weighted by atomic mass is 9.94. The molecule has 152 valence electrons. The number of nitrogens with one attached hydrogen (secondary N) is 1. The maximum absolute atomic E-state index is 12.9. The van der Waals surface area contributed by atoms with Crippen molar-refractivity contribution in [2.24, 2.45) is 0 Å². The maximum atomic E-state index is 12.9. The molecule has 1 heterocycles. The molecule has 0 aromatic heterocycles. The highest BCUT2D eigenvalue weighted by molar-refractivity contribution is 7.80. The Balaban J connectivity index is 2.16. The lowest BCUT2D eigenvalue weighted by molar-refractivity contribution is -0.139. The van der Waals surface area contributed by atoms with E-state index in [2.05, 4.69) is 5.32 Å². The number of rotatable bonds is 6. The summed E-state index contributed by atoms with van der Waals surface area (Å²) in [6.45, 7) is 3.93. The van der Waals surface area contributed by atoms with Gasteiger partial charge in [0.15, 0.2) is 5.11 Å². The van der Waals surface area contributed by atoms with E-state index < -0.39 is 12.0 Å². The molecule has 7 heteroatoms. The fourth-order valence-electron chi connectivity index (χ4n) is 3.39. The Labute approximate surface area is 176 Å². The van der Waals surface area contributed by atoms with Gasteiger partial charge in [0.2, 0.25) is 0 Å². The molecule has 0 aliphatic carbocycles. The third-order valence-electron chi connectivity index (χ3n) is 4.75. The number of nitrogens with zero attached hydrogens (tertiary/aromatic N) is 1. The Bertz CT molecular complexity index is 943. The minimum atomic E-state index is -0.512. The van der Waals surface area contributed by atoms with Crippen molar-refractivity contribution in [1.29, 1.82) is 0 Å². The van der Waals surface area contributed by atoms with Gasteiger partial charge >= 0.3 is 5.97 Å². The number of thiocarbonyl (C=S) groups is 1. The molecule has 0 saturated carbocycles. The highest BCUT2D eigenvalue weighted by atomic mass is 32.1. The number of benzene rings is 2. The number of hydrogen-bond acceptors (Lipinski definition) is 5. The average molecular weight is 413 g/mol. The summed E-state index contributed by atoms with van der Waals surface area (Å²) in [7, 11) is 3.17. The van der Waals surface area contributed by atoms with Gasteiger partial charge in [0.1, 0.15) is 11.5 Å². The van der Waals surface area contributed by atoms with Crippen LogP contribution in [0, 0.1) is 0 Å². The molecule has 0 radical (unpaired) electrons. The molecule has 1 aliphatic heterocycles. The second-order valence-corrected chi connectivity index (χ2v) is 6.77. The summed E-state index contributed by atoms with van der Waals surface area (Å²) in [6, 6.07) is 14.6. The van der Waals surface area contributed by atoms with Gasteiger partial charge in [-0.15, -0.1) is 0 Å². The van der Waals surface area contributed by atoms with E-state index in [0.717, 1.165) is 11.3 Å². The first-order valence-corrected chi connectivity index (χ1v) is 9.68. The quantitative estimate of drug-likeness (QED) is 0.569. The zero-order valence-electron chi connectivity index (χ0n) is 16.9. The van der Waals surface area contributed by atoms with Gasteiger partial charge in [0.25, 0.3) is 0 Å². The SMILES string of the molecule is CCOC(=O)C1=C(C)N(c2ccccc2)C(=S)NC1c1ccc(OC)cc1OC. The predicted octanol–water partition coefficient (Wildman–Crippen LogP) is 3.98. The van der Waals surface area contributed by atoms with Gasteiger partial charge in [0, 0.05) is 23.0 Å². The van der Waals surface area contributed by atoms with E-state index in [1.54, 1.807) is 27.2 Å². The fourth-order valence-corrected chi connectivity index (χ4v) is 3.75. The van der Waals surface area contributed by atoms with Crippen molar-refractivity contribution in [3.8, 4) is 11.5 Å². The molecule has 29 heavy (non-hydrogen) atoms. The van der Waals surface area contributed by atoms with E-state index in [1.807, 2.05) is 54.3 Å². The highest BCUT2D eigenvalue weighted by Gasteiger charge is 2.36. The van der Waals surface area contributed by atoms with Crippen LogP contribution in [0.1, 0.15) is 25.5 Å². The molecule has 0 amide bonds. The molecule has 1 atom stereocenters. The Kier molecular flexibility index (Phi) is 6.39. The molecule has 3 rings (SSSR count). The molecule has 0 saturated heterocycles. The first-order chi connectivity index (χ1) is 14.0. The van der Waals surface area contributed by atoms with Gasteiger partial charge in [0.05, 0.1) is 32.4 Å². The molecule has 2 aromatic carbocycles. The van der Waals surface area contributed by atoms with Crippen LogP contribution < -0.4 is 19.7 Å². The number of allylic oxidation sites excluding steroid dienone is 1. The Morgan fingerprint density at radius 3 is 2.48 bits per heavy atom. The number of methoxy groups -OCH3 is 2. The molecular formula is C22H24N2O4S. The highest BCUT2D eigenvalue weighted by Crippen LogP contribution is 2.38. The van der Waals surface area contributed by atoms with E-state index >= 15 is 0 Å². The van der Waals surface area contributed by atoms with Gasteiger partial charge in [-0.3, -0.25) is 4.90 Å². The number of para-hydroxylation sites is 1. The second kappa shape index (κ2) is 8.96. The first-order valence-electron chi connectivity index (χ1n) is 9.27. The summed E-state index contributed by atoms with van der Waals surface area (Å²) in [5.41, 5.74) is 2.82. The Morgan fingerprint density at radius 1 is 1.14 bits per heavy atom. The van der Waals surface area contributed by atoms with Crippen molar-refractivity contribution >= 4 is 29.0 Å². The Hall–Kier alpha value is -3.06. The van der Waals surface area contributed by atoms with Crippen LogP contribution in [-0.4, -0.2) is 31.9 Å². The van der Waals surface area contributed by atoms with Crippen molar-refractivity contribution in [1.82, 2.24) is 5.32 Å². The van der Waals surface area contributed by atoms with Crippen LogP contribution in [0.4, 0.5) is 5.69 Å². The van der Waals surface area contributed by atoms with Gasteiger partial charge in [-0.1, -0.05) is 18.2 Å². The molecule has 0 fully saturated rings. The van der Waals surface area contributed by atoms with Crippen molar-refractivity contribution in [2.75, 3.05) is 25.7 Å². The minimum absolute atomic E-state index is 0.276. The number of esters is 1. The molecule has 2 aromatic rings. The van der Waals surface area contributed by atoms with E-state index in [0.29, 0.717) is 27.9 Å². The standard InChI is InChI=1S/C22H24N2O4S/c1-5-28-21(25)19-14(2)24(15-9-7-6-8-10-15)22(29)23-20(19)17-12-11-16(26-3)13-18(17)27-4/h6-13,20H,5H2,1-4H3,(H,23,29). The first kappa shape index (κ1) is 20.7. The molecule has 6 nitrogen and oxygen atoms in total. The number of carbonyl (C=O) groups is 1. The van der Waals surface area contributed by atoms with Gasteiger partial charge in [-0.2, -0.15) is 0 Å². The topological polar surface area (TPSA) is 60.0 Å². The summed E-state index contributed by atoms with van der Waals surface area (Å²) in [5.74, 6) is 0.851. The van der Waals surface area contributed by atoms with Gasteiger partial charge in [-0.25, -0.2) is 4.79 Å². The summed E-state index contributed by atoms with van der Waals surface area (Å²) >= 11 is 5.66. The van der Waals surface area contributed by atoms with Crippen molar-refractivity contribution in [3.63, 3.8) is 0 Å². The molecule has 1 aliphatic rings. The van der Waals surface area contributed by atoms with Crippen LogP contribution in [0.15, 0.2) is 59.8 Å². The number of anilines is 1. The van der Waals surface area contributed by atoms with Crippen LogP contribution in [-0.2, 0) is 9.53 Å². The van der Waals surface area contributed by atoms with Crippen LogP contribution in [0.5, 0.6) is 11.5 Å². The zero-order chi connectivity index (χ0) is 21.0. The fraction of sp³-hybridized carbons (Fsp3) is 0.273. The second-order valence-electron chi connectivity index (χ2n) is 6.38. The normalized spacial score (nSPS) is 16.3. The van der Waals surface area contributed by atoms with Crippen molar-refractivity contribution in [2.45, 2.75) is 19.9 Å². The smallest absolute Gasteiger partial charge is 0.338 e. The minimum Gasteiger partial charge on any atom is -0.497 e. The predicted molar refractivity (Wildman–Crippen MR) is 116 cm³/mol. The van der Waals surface area contributed by atoms with Gasteiger partial charge < -0.3 is 19.5 Å². The van der Waals surface area contributed by atoms with E-state index in [-0.39, 0.29) is 6.61 Å². The third kappa shape index (κ3) is 4.05. The number of hydrogen-bond donors (Lipinski definition) is 1. The Morgan fingerprint density at radius 2 is 1.86 bits per heavy atom. The number of carbonyl (C=O) groups excluding carboxylic acids is 1. The summed E-state index contributed by atoms with van der Waals surface area (Å²) in [6.07, 6.45) is 0. The third-order valence-corrected chi connectivity index (χ3v) is 5.05. The number of ether oxygens (including phenoxy) is 3. The lowest BCUT2D eigenvalue weighted by Crippen LogP contribution is -2.48. The van der Waals surface area contributed by atoms with E-state index in [1.165, 1.54) is 0 Å². The van der Waals surface area contributed by atoms with Gasteiger partial charge in [-0.05, 0) is 50.3 Å². The van der Waals surface area contributed by atoms with E-state index in [9.17, 15) is 4.79 Å². The van der Waals surface area contributed by atoms with Crippen molar-refractivity contribution in [3.05, 3.63) is 65.4 Å². The summed E-state index contributed by atoms with van der Waals surface area (Å²) < 4.78 is 16.2. The molecular weight excluding hydrogens is 388 g/mol. The molecule has 1 unspecified atom stereocenters. The van der Waals surface area contributed by atoms with Crippen LogP contribution >= 0.6 is 12.2 Å². The van der Waals surface area contributed by atoms with E-state index in [4.69, 9.17) is 26.4 Å². The monoisotopic (exact) mass is 412 g/mol. The molecule has 0 bridgehead atoms. The lowest BCUT2D eigenvalue weighted by Gasteiger charge is -2.37. The maximum Gasteiger partial charge on any atom is 0.338 e. The largest absolute Gasteiger partial charge is 0.497 e. The average Bonchev–Trinajstić information content (AvgIpc) is 2.73. The van der Waals surface area contributed by atoms with Crippen LogP contribution in [0.3, 0.4) is 0 Å². The summed E-state index contributed by atoms with van der Waals surface area (Å²) in [4.78, 5) is 14.8. The van der Waals surface area contributed by atoms with Crippen molar-refractivity contribution < 1.29 is 19.0 Å². The molecule has 0 spiro atoms. The zero-order valence-corrected chi connectivity index (χ0v) is 17.7. The summed E-state index contributed by atoms with van der Waals surface area (Å²) in [5, 5.41) is 3.78. The van der Waals surface area contributed by atoms with Crippen LogP contribution in [0.25, 0.3) is 0 Å². The molecule has 1 N–H and O–H groups in total. The van der Waals surface area contributed by atoms with Crippen LogP contribution in [0.2, 0.25) is 0 Å².